The highest BCUT2D eigenvalue weighted by atomic mass is 16.5. The molecule has 27 heavy (non-hydrogen) atoms. The number of carbonyl (C=O) groups is 3. The van der Waals surface area contributed by atoms with Crippen molar-refractivity contribution in [3.8, 4) is 0 Å². The van der Waals surface area contributed by atoms with Gasteiger partial charge >= 0.3 is 11.9 Å². The molecule has 0 fully saturated rings. The fourth-order valence-corrected chi connectivity index (χ4v) is 2.70. The zero-order valence-corrected chi connectivity index (χ0v) is 16.1. The normalized spacial score (nSPS) is 11.6. The molecular formula is C20H24N2O5. The first-order valence-corrected chi connectivity index (χ1v) is 8.69. The number of amides is 1. The van der Waals surface area contributed by atoms with Crippen molar-refractivity contribution in [2.45, 2.75) is 40.7 Å². The van der Waals surface area contributed by atoms with Crippen molar-refractivity contribution in [1.82, 2.24) is 4.98 Å². The molecule has 0 saturated carbocycles. The molecule has 7 nitrogen and oxygen atoms in total. The van der Waals surface area contributed by atoms with E-state index in [0.717, 1.165) is 5.56 Å². The maximum Gasteiger partial charge on any atom is 0.355 e. The molecule has 2 N–H and O–H groups in total. The molecule has 1 atom stereocenters. The van der Waals surface area contributed by atoms with Crippen LogP contribution in [0.4, 0.5) is 5.69 Å². The van der Waals surface area contributed by atoms with Gasteiger partial charge in [0, 0.05) is 11.4 Å². The van der Waals surface area contributed by atoms with Crippen molar-refractivity contribution in [3.05, 3.63) is 52.3 Å². The molecule has 0 spiro atoms. The van der Waals surface area contributed by atoms with Crippen LogP contribution in [0.3, 0.4) is 0 Å². The third-order valence-electron chi connectivity index (χ3n) is 4.06. The van der Waals surface area contributed by atoms with Crippen LogP contribution < -0.4 is 5.32 Å². The molecule has 1 aromatic heterocycles. The zero-order valence-electron chi connectivity index (χ0n) is 16.1. The number of ether oxygens (including phenoxy) is 2. The standard InChI is InChI=1S/C20H24N2O5/c1-6-26-20(25)17-12(3)16(13(4)21-17)19(24)27-14(5)18(23)22-15-9-7-8-11(2)10-15/h7-10,14,21H,6H2,1-5H3,(H,22,23)/t14-/m0/s1. The minimum absolute atomic E-state index is 0.207. The fraction of sp³-hybridized carbons (Fsp3) is 0.350. The highest BCUT2D eigenvalue weighted by Gasteiger charge is 2.26. The van der Waals surface area contributed by atoms with Crippen LogP contribution in [-0.4, -0.2) is 35.5 Å². The highest BCUT2D eigenvalue weighted by molar-refractivity contribution is 6.01. The van der Waals surface area contributed by atoms with Crippen molar-refractivity contribution < 1.29 is 23.9 Å². The molecule has 0 aliphatic rings. The predicted molar refractivity (Wildman–Crippen MR) is 101 cm³/mol. The Hall–Kier alpha value is -3.09. The van der Waals surface area contributed by atoms with Gasteiger partial charge in [-0.25, -0.2) is 9.59 Å². The summed E-state index contributed by atoms with van der Waals surface area (Å²) in [7, 11) is 0. The number of aryl methyl sites for hydroxylation is 2. The number of carbonyl (C=O) groups excluding carboxylic acids is 3. The van der Waals surface area contributed by atoms with E-state index < -0.39 is 23.9 Å². The highest BCUT2D eigenvalue weighted by Crippen LogP contribution is 2.20. The van der Waals surface area contributed by atoms with Crippen LogP contribution >= 0.6 is 0 Å². The summed E-state index contributed by atoms with van der Waals surface area (Å²) < 4.78 is 10.3. The van der Waals surface area contributed by atoms with Gasteiger partial charge in [0.15, 0.2) is 6.10 Å². The maximum absolute atomic E-state index is 12.5. The number of anilines is 1. The second-order valence-corrected chi connectivity index (χ2v) is 6.25. The Labute approximate surface area is 158 Å². The first-order valence-electron chi connectivity index (χ1n) is 8.69. The third kappa shape index (κ3) is 4.75. The van der Waals surface area contributed by atoms with E-state index in [4.69, 9.17) is 9.47 Å². The largest absolute Gasteiger partial charge is 0.461 e. The van der Waals surface area contributed by atoms with E-state index in [1.54, 1.807) is 26.8 Å². The smallest absolute Gasteiger partial charge is 0.355 e. The van der Waals surface area contributed by atoms with Crippen LogP contribution in [0.5, 0.6) is 0 Å². The first-order chi connectivity index (χ1) is 12.7. The summed E-state index contributed by atoms with van der Waals surface area (Å²) in [4.78, 5) is 39.6. The number of aromatic amines is 1. The van der Waals surface area contributed by atoms with E-state index in [9.17, 15) is 14.4 Å². The number of benzene rings is 1. The van der Waals surface area contributed by atoms with Gasteiger partial charge in [-0.05, 0) is 57.9 Å². The number of aromatic nitrogens is 1. The lowest BCUT2D eigenvalue weighted by atomic mass is 10.1. The second-order valence-electron chi connectivity index (χ2n) is 6.25. The van der Waals surface area contributed by atoms with Gasteiger partial charge in [-0.3, -0.25) is 4.79 Å². The van der Waals surface area contributed by atoms with Gasteiger partial charge < -0.3 is 19.8 Å². The summed E-state index contributed by atoms with van der Waals surface area (Å²) in [6.45, 7) is 8.62. The molecule has 144 valence electrons. The topological polar surface area (TPSA) is 97.5 Å². The van der Waals surface area contributed by atoms with Gasteiger partial charge in [-0.1, -0.05) is 12.1 Å². The molecule has 7 heteroatoms. The molecule has 0 radical (unpaired) electrons. The number of nitrogens with one attached hydrogen (secondary N) is 2. The number of hydrogen-bond acceptors (Lipinski definition) is 5. The number of hydrogen-bond donors (Lipinski definition) is 2. The Balaban J connectivity index is 2.10. The second kappa shape index (κ2) is 8.53. The minimum Gasteiger partial charge on any atom is -0.461 e. The SMILES string of the molecule is CCOC(=O)c1[nH]c(C)c(C(=O)O[C@@H](C)C(=O)Nc2cccc(C)c2)c1C. The summed E-state index contributed by atoms with van der Waals surface area (Å²) in [5.41, 5.74) is 2.98. The summed E-state index contributed by atoms with van der Waals surface area (Å²) in [6.07, 6.45) is -1.00. The minimum atomic E-state index is -1.00. The number of esters is 2. The first kappa shape index (κ1) is 20.2. The van der Waals surface area contributed by atoms with Gasteiger partial charge in [-0.15, -0.1) is 0 Å². The van der Waals surface area contributed by atoms with Gasteiger partial charge in [0.2, 0.25) is 0 Å². The molecule has 0 bridgehead atoms. The van der Waals surface area contributed by atoms with Crippen LogP contribution in [0.2, 0.25) is 0 Å². The van der Waals surface area contributed by atoms with Gasteiger partial charge in [-0.2, -0.15) is 0 Å². The summed E-state index contributed by atoms with van der Waals surface area (Å²) in [5, 5.41) is 2.71. The van der Waals surface area contributed by atoms with Crippen LogP contribution in [0.1, 0.15) is 51.5 Å². The Morgan fingerprint density at radius 1 is 1.15 bits per heavy atom. The lowest BCUT2D eigenvalue weighted by molar-refractivity contribution is -0.123. The zero-order chi connectivity index (χ0) is 20.1. The molecule has 0 aliphatic carbocycles. The maximum atomic E-state index is 12.5. The molecule has 1 amide bonds. The van der Waals surface area contributed by atoms with E-state index in [1.165, 1.54) is 6.92 Å². The number of rotatable bonds is 6. The van der Waals surface area contributed by atoms with Crippen molar-refractivity contribution in [2.75, 3.05) is 11.9 Å². The van der Waals surface area contributed by atoms with Crippen LogP contribution in [0, 0.1) is 20.8 Å². The van der Waals surface area contributed by atoms with Crippen molar-refractivity contribution in [3.63, 3.8) is 0 Å². The molecule has 0 unspecified atom stereocenters. The third-order valence-corrected chi connectivity index (χ3v) is 4.06. The van der Waals surface area contributed by atoms with Crippen molar-refractivity contribution in [1.29, 1.82) is 0 Å². The van der Waals surface area contributed by atoms with Gasteiger partial charge in [0.1, 0.15) is 5.69 Å². The molecule has 0 saturated heterocycles. The van der Waals surface area contributed by atoms with Crippen LogP contribution in [0.25, 0.3) is 0 Å². The molecule has 2 rings (SSSR count). The van der Waals surface area contributed by atoms with E-state index in [-0.39, 0.29) is 17.9 Å². The van der Waals surface area contributed by atoms with E-state index in [1.807, 2.05) is 25.1 Å². The monoisotopic (exact) mass is 372 g/mol. The van der Waals surface area contributed by atoms with Crippen molar-refractivity contribution >= 4 is 23.5 Å². The molecule has 0 aliphatic heterocycles. The lowest BCUT2D eigenvalue weighted by Crippen LogP contribution is -2.30. The van der Waals surface area contributed by atoms with Gasteiger partial charge in [0.05, 0.1) is 12.2 Å². The summed E-state index contributed by atoms with van der Waals surface area (Å²) >= 11 is 0. The summed E-state index contributed by atoms with van der Waals surface area (Å²) in [5.74, 6) is -1.66. The lowest BCUT2D eigenvalue weighted by Gasteiger charge is -2.14. The summed E-state index contributed by atoms with van der Waals surface area (Å²) in [6, 6.07) is 7.31. The average molecular weight is 372 g/mol. The average Bonchev–Trinajstić information content (AvgIpc) is 2.89. The van der Waals surface area contributed by atoms with E-state index >= 15 is 0 Å². The predicted octanol–water partition coefficient (Wildman–Crippen LogP) is 3.30. The van der Waals surface area contributed by atoms with E-state index in [2.05, 4.69) is 10.3 Å². The molecular weight excluding hydrogens is 348 g/mol. The Bertz CT molecular complexity index is 869. The quantitative estimate of drug-likeness (QED) is 0.758. The Morgan fingerprint density at radius 2 is 1.85 bits per heavy atom. The molecule has 1 aromatic carbocycles. The van der Waals surface area contributed by atoms with Crippen LogP contribution in [0.15, 0.2) is 24.3 Å². The fourth-order valence-electron chi connectivity index (χ4n) is 2.70. The van der Waals surface area contributed by atoms with Gasteiger partial charge in [0.25, 0.3) is 5.91 Å². The number of H-pyrrole nitrogens is 1. The van der Waals surface area contributed by atoms with E-state index in [0.29, 0.717) is 16.9 Å². The van der Waals surface area contributed by atoms with Crippen molar-refractivity contribution in [2.24, 2.45) is 0 Å². The Morgan fingerprint density at radius 3 is 2.48 bits per heavy atom. The molecule has 2 aromatic rings. The Kier molecular flexibility index (Phi) is 6.39. The van der Waals surface area contributed by atoms with Crippen LogP contribution in [-0.2, 0) is 14.3 Å². The molecule has 1 heterocycles.